The zero-order chi connectivity index (χ0) is 22.8. The van der Waals surface area contributed by atoms with Crippen LogP contribution in [0.25, 0.3) is 0 Å². The molecule has 0 saturated heterocycles. The molecule has 1 aromatic heterocycles. The topological polar surface area (TPSA) is 107 Å². The minimum atomic E-state index is -0.182. The van der Waals surface area contributed by atoms with E-state index in [4.69, 9.17) is 5.73 Å². The number of nitrogen functional groups attached to an aromatic ring is 1. The van der Waals surface area contributed by atoms with E-state index in [2.05, 4.69) is 15.4 Å². The number of aromatic nitrogens is 1. The third kappa shape index (κ3) is 4.72. The maximum atomic E-state index is 12.7. The fraction of sp³-hybridized carbons (Fsp3) is 0.391. The molecule has 1 atom stereocenters. The Kier molecular flexibility index (Phi) is 6.09. The summed E-state index contributed by atoms with van der Waals surface area (Å²) in [4.78, 5) is 33.1. The maximum absolute atomic E-state index is 12.7. The predicted octanol–water partition coefficient (Wildman–Crippen LogP) is 2.35. The molecular formula is C23H29N7O2. The Balaban J connectivity index is 1.42. The van der Waals surface area contributed by atoms with E-state index in [1.807, 2.05) is 56.3 Å². The van der Waals surface area contributed by atoms with E-state index in [1.165, 1.54) is 0 Å². The van der Waals surface area contributed by atoms with Gasteiger partial charge in [-0.15, -0.1) is 0 Å². The van der Waals surface area contributed by atoms with Gasteiger partial charge in [0.2, 0.25) is 5.91 Å². The van der Waals surface area contributed by atoms with Crippen LogP contribution < -0.4 is 11.1 Å². The molecule has 0 saturated carbocycles. The van der Waals surface area contributed by atoms with Gasteiger partial charge in [-0.2, -0.15) is 5.10 Å². The standard InChI is InChI=1S/C23H29N7O2/c1-15-12-21(31)30(11-10-28(2)3)27-22(15)16-4-7-18(8-5-16)25-23(32)29-13-17-6-9-20(24)26-19(17)14-29/h4-9,15H,10-14H2,1-3H3,(H2,24,26)(H,25,32). The Morgan fingerprint density at radius 2 is 1.94 bits per heavy atom. The van der Waals surface area contributed by atoms with Crippen molar-refractivity contribution in [3.8, 4) is 0 Å². The van der Waals surface area contributed by atoms with E-state index in [0.29, 0.717) is 37.6 Å². The van der Waals surface area contributed by atoms with E-state index < -0.39 is 0 Å². The quantitative estimate of drug-likeness (QED) is 0.750. The molecule has 0 aliphatic carbocycles. The molecule has 1 unspecified atom stereocenters. The Bertz CT molecular complexity index is 1050. The summed E-state index contributed by atoms with van der Waals surface area (Å²) in [6, 6.07) is 11.1. The van der Waals surface area contributed by atoms with Crippen LogP contribution in [-0.2, 0) is 17.9 Å². The molecular weight excluding hydrogens is 406 g/mol. The van der Waals surface area contributed by atoms with Crippen molar-refractivity contribution in [3.63, 3.8) is 0 Å². The lowest BCUT2D eigenvalue weighted by Crippen LogP contribution is -2.39. The SMILES string of the molecule is CC1CC(=O)N(CCN(C)C)N=C1c1ccc(NC(=O)N2Cc3ccc(N)nc3C2)cc1. The largest absolute Gasteiger partial charge is 0.384 e. The lowest BCUT2D eigenvalue weighted by molar-refractivity contribution is -0.132. The Morgan fingerprint density at radius 1 is 1.19 bits per heavy atom. The summed E-state index contributed by atoms with van der Waals surface area (Å²) in [5, 5.41) is 9.14. The fourth-order valence-corrected chi connectivity index (χ4v) is 3.90. The molecule has 0 bridgehead atoms. The Hall–Kier alpha value is -3.46. The summed E-state index contributed by atoms with van der Waals surface area (Å²) in [5.41, 5.74) is 10.1. The van der Waals surface area contributed by atoms with E-state index in [1.54, 1.807) is 16.0 Å². The van der Waals surface area contributed by atoms with Gasteiger partial charge in [0.05, 0.1) is 24.5 Å². The summed E-state index contributed by atoms with van der Waals surface area (Å²) < 4.78 is 0. The average Bonchev–Trinajstić information content (AvgIpc) is 3.17. The van der Waals surface area contributed by atoms with Crippen LogP contribution in [0.3, 0.4) is 0 Å². The highest BCUT2D eigenvalue weighted by Gasteiger charge is 2.28. The molecule has 168 valence electrons. The molecule has 0 fully saturated rings. The van der Waals surface area contributed by atoms with Crippen molar-refractivity contribution in [3.05, 3.63) is 53.2 Å². The Morgan fingerprint density at radius 3 is 2.66 bits per heavy atom. The lowest BCUT2D eigenvalue weighted by atomic mass is 9.93. The molecule has 0 radical (unpaired) electrons. The number of pyridine rings is 1. The summed E-state index contributed by atoms with van der Waals surface area (Å²) in [6.07, 6.45) is 0.443. The number of nitrogens with one attached hydrogen (secondary N) is 1. The van der Waals surface area contributed by atoms with Crippen LogP contribution in [0.2, 0.25) is 0 Å². The lowest BCUT2D eigenvalue weighted by Gasteiger charge is -2.28. The van der Waals surface area contributed by atoms with Crippen molar-refractivity contribution >= 4 is 29.2 Å². The monoisotopic (exact) mass is 435 g/mol. The highest BCUT2D eigenvalue weighted by molar-refractivity contribution is 6.06. The van der Waals surface area contributed by atoms with Gasteiger partial charge in [-0.25, -0.2) is 14.8 Å². The van der Waals surface area contributed by atoms with Gasteiger partial charge in [0.15, 0.2) is 0 Å². The molecule has 9 heteroatoms. The smallest absolute Gasteiger partial charge is 0.322 e. The van der Waals surface area contributed by atoms with E-state index in [9.17, 15) is 9.59 Å². The van der Waals surface area contributed by atoms with Crippen LogP contribution in [0.4, 0.5) is 16.3 Å². The average molecular weight is 436 g/mol. The van der Waals surface area contributed by atoms with Gasteiger partial charge < -0.3 is 20.9 Å². The first-order chi connectivity index (χ1) is 15.3. The van der Waals surface area contributed by atoms with Crippen LogP contribution in [0, 0.1) is 5.92 Å². The second-order valence-electron chi connectivity index (χ2n) is 8.62. The van der Waals surface area contributed by atoms with E-state index in [0.717, 1.165) is 29.1 Å². The molecule has 2 aliphatic heterocycles. The van der Waals surface area contributed by atoms with Gasteiger partial charge in [0.25, 0.3) is 0 Å². The molecule has 2 aromatic rings. The van der Waals surface area contributed by atoms with Crippen molar-refractivity contribution < 1.29 is 9.59 Å². The molecule has 1 aromatic carbocycles. The van der Waals surface area contributed by atoms with Crippen molar-refractivity contribution in [2.75, 3.05) is 38.2 Å². The van der Waals surface area contributed by atoms with Gasteiger partial charge in [-0.1, -0.05) is 25.1 Å². The number of rotatable bonds is 5. The second kappa shape index (κ2) is 8.96. The number of amides is 3. The number of nitrogens with two attached hydrogens (primary N) is 1. The number of hydrazone groups is 1. The van der Waals surface area contributed by atoms with Crippen LogP contribution in [0.5, 0.6) is 0 Å². The molecule has 2 aliphatic rings. The normalized spacial score (nSPS) is 18.1. The highest BCUT2D eigenvalue weighted by atomic mass is 16.2. The number of benzene rings is 1. The van der Waals surface area contributed by atoms with Crippen molar-refractivity contribution in [1.29, 1.82) is 0 Å². The number of urea groups is 1. The highest BCUT2D eigenvalue weighted by Crippen LogP contribution is 2.24. The van der Waals surface area contributed by atoms with Gasteiger partial charge in [0, 0.05) is 31.1 Å². The van der Waals surface area contributed by atoms with Crippen LogP contribution in [0.15, 0.2) is 41.5 Å². The first kappa shape index (κ1) is 21.8. The van der Waals surface area contributed by atoms with Gasteiger partial charge in [0.1, 0.15) is 5.82 Å². The first-order valence-electron chi connectivity index (χ1n) is 10.7. The molecule has 0 spiro atoms. The van der Waals surface area contributed by atoms with E-state index >= 15 is 0 Å². The number of nitrogens with zero attached hydrogens (tertiary/aromatic N) is 5. The molecule has 3 amide bonds. The zero-order valence-electron chi connectivity index (χ0n) is 18.7. The third-order valence-corrected chi connectivity index (χ3v) is 5.73. The van der Waals surface area contributed by atoms with Gasteiger partial charge >= 0.3 is 6.03 Å². The summed E-state index contributed by atoms with van der Waals surface area (Å²) in [6.45, 7) is 4.29. The molecule has 3 N–H and O–H groups in total. The van der Waals surface area contributed by atoms with Crippen LogP contribution in [0.1, 0.15) is 30.2 Å². The molecule has 4 rings (SSSR count). The second-order valence-corrected chi connectivity index (χ2v) is 8.62. The predicted molar refractivity (Wildman–Crippen MR) is 124 cm³/mol. The van der Waals surface area contributed by atoms with Crippen LogP contribution in [-0.4, -0.2) is 64.6 Å². The number of carbonyl (C=O) groups excluding carboxylic acids is 2. The van der Waals surface area contributed by atoms with Crippen molar-refractivity contribution in [2.24, 2.45) is 11.0 Å². The number of carbonyl (C=O) groups is 2. The minimum absolute atomic E-state index is 0.0431. The number of hydrogen-bond donors (Lipinski definition) is 2. The number of anilines is 2. The van der Waals surface area contributed by atoms with Crippen molar-refractivity contribution in [2.45, 2.75) is 26.4 Å². The summed E-state index contributed by atoms with van der Waals surface area (Å²) >= 11 is 0. The van der Waals surface area contributed by atoms with Gasteiger partial charge in [-0.05, 0) is 43.4 Å². The van der Waals surface area contributed by atoms with Gasteiger partial charge in [-0.3, -0.25) is 4.79 Å². The fourth-order valence-electron chi connectivity index (χ4n) is 3.90. The third-order valence-electron chi connectivity index (χ3n) is 5.73. The molecule has 3 heterocycles. The van der Waals surface area contributed by atoms with E-state index in [-0.39, 0.29) is 17.9 Å². The molecule has 9 nitrogen and oxygen atoms in total. The zero-order valence-corrected chi connectivity index (χ0v) is 18.7. The maximum Gasteiger partial charge on any atom is 0.322 e. The number of hydrogen-bond acceptors (Lipinski definition) is 6. The summed E-state index contributed by atoms with van der Waals surface area (Å²) in [7, 11) is 3.95. The van der Waals surface area contributed by atoms with Crippen LogP contribution >= 0.6 is 0 Å². The Labute approximate surface area is 187 Å². The minimum Gasteiger partial charge on any atom is -0.384 e. The summed E-state index contributed by atoms with van der Waals surface area (Å²) in [5.74, 6) is 0.555. The number of likely N-dealkylation sites (N-methyl/N-ethyl adjacent to an activating group) is 1. The number of fused-ring (bicyclic) bond motifs is 1. The molecule has 32 heavy (non-hydrogen) atoms. The first-order valence-corrected chi connectivity index (χ1v) is 10.7. The van der Waals surface area contributed by atoms with Crippen molar-refractivity contribution in [1.82, 2.24) is 19.8 Å².